The number of hydrogen-bond donors (Lipinski definition) is 1. The molecule has 2 aromatic carbocycles. The van der Waals surface area contributed by atoms with E-state index in [4.69, 9.17) is 4.74 Å². The maximum absolute atomic E-state index is 13.2. The number of anilines is 1. The van der Waals surface area contributed by atoms with Crippen LogP contribution in [0.4, 0.5) is 10.1 Å². The van der Waals surface area contributed by atoms with E-state index in [0.717, 1.165) is 0 Å². The summed E-state index contributed by atoms with van der Waals surface area (Å²) in [5.74, 6) is -1.19. The van der Waals surface area contributed by atoms with Crippen LogP contribution >= 0.6 is 0 Å². The van der Waals surface area contributed by atoms with E-state index >= 15 is 0 Å². The van der Waals surface area contributed by atoms with Crippen molar-refractivity contribution < 1.29 is 19.0 Å². The number of aryl methyl sites for hydroxylation is 1. The zero-order valence-corrected chi connectivity index (χ0v) is 15.2. The van der Waals surface area contributed by atoms with E-state index in [1.807, 2.05) is 0 Å². The van der Waals surface area contributed by atoms with Crippen molar-refractivity contribution in [1.29, 1.82) is 0 Å². The third kappa shape index (κ3) is 3.01. The number of aromatic hydroxyl groups is 1. The molecule has 0 saturated carbocycles. The number of rotatable bonds is 4. The average molecular weight is 370 g/mol. The van der Waals surface area contributed by atoms with Crippen LogP contribution in [0.25, 0.3) is 10.9 Å². The number of benzene rings is 2. The van der Waals surface area contributed by atoms with Gasteiger partial charge in [0, 0.05) is 19.3 Å². The molecule has 3 rings (SSSR count). The number of halogens is 1. The number of amides is 1. The Kier molecular flexibility index (Phi) is 4.85. The lowest BCUT2D eigenvalue weighted by Crippen LogP contribution is -2.36. The third-order valence-corrected chi connectivity index (χ3v) is 4.49. The first-order valence-corrected chi connectivity index (χ1v) is 8.36. The van der Waals surface area contributed by atoms with Gasteiger partial charge in [0.2, 0.25) is 0 Å². The van der Waals surface area contributed by atoms with Gasteiger partial charge in [-0.1, -0.05) is 6.07 Å². The summed E-state index contributed by atoms with van der Waals surface area (Å²) in [6, 6.07) is 10.3. The first-order chi connectivity index (χ1) is 12.9. The molecule has 0 spiro atoms. The second-order valence-corrected chi connectivity index (χ2v) is 5.97. The van der Waals surface area contributed by atoms with E-state index in [-0.39, 0.29) is 17.5 Å². The van der Waals surface area contributed by atoms with Crippen molar-refractivity contribution >= 4 is 22.5 Å². The van der Waals surface area contributed by atoms with Crippen LogP contribution in [-0.4, -0.2) is 29.2 Å². The molecule has 7 heteroatoms. The molecule has 0 aliphatic rings. The molecule has 0 fully saturated rings. The van der Waals surface area contributed by atoms with Crippen molar-refractivity contribution in [3.05, 3.63) is 64.2 Å². The van der Waals surface area contributed by atoms with Gasteiger partial charge in [-0.2, -0.15) is 0 Å². The molecule has 3 aromatic rings. The predicted octanol–water partition coefficient (Wildman–Crippen LogP) is 3.06. The Hall–Kier alpha value is -3.35. The first kappa shape index (κ1) is 18.4. The molecule has 0 aliphatic heterocycles. The van der Waals surface area contributed by atoms with E-state index in [0.29, 0.717) is 17.0 Å². The molecule has 1 aromatic heterocycles. The largest absolute Gasteiger partial charge is 0.506 e. The second kappa shape index (κ2) is 7.11. The van der Waals surface area contributed by atoms with Gasteiger partial charge in [-0.15, -0.1) is 0 Å². The quantitative estimate of drug-likeness (QED) is 0.766. The fraction of sp³-hybridized carbons (Fsp3) is 0.200. The number of aromatic nitrogens is 1. The van der Waals surface area contributed by atoms with Crippen LogP contribution in [0, 0.1) is 5.82 Å². The maximum Gasteiger partial charge on any atom is 0.267 e. The number of methoxy groups -OCH3 is 1. The van der Waals surface area contributed by atoms with Gasteiger partial charge >= 0.3 is 0 Å². The Morgan fingerprint density at radius 3 is 2.48 bits per heavy atom. The van der Waals surface area contributed by atoms with Crippen LogP contribution in [0.15, 0.2) is 47.3 Å². The van der Waals surface area contributed by atoms with Gasteiger partial charge in [0.25, 0.3) is 11.5 Å². The lowest BCUT2D eigenvalue weighted by Gasteiger charge is -2.22. The smallest absolute Gasteiger partial charge is 0.267 e. The minimum Gasteiger partial charge on any atom is -0.506 e. The van der Waals surface area contributed by atoms with Crippen LogP contribution in [0.2, 0.25) is 0 Å². The van der Waals surface area contributed by atoms with Crippen LogP contribution in [0.3, 0.4) is 0 Å². The van der Waals surface area contributed by atoms with Gasteiger partial charge in [0.1, 0.15) is 22.9 Å². The normalized spacial score (nSPS) is 10.8. The highest BCUT2D eigenvalue weighted by Crippen LogP contribution is 2.34. The van der Waals surface area contributed by atoms with Crippen LogP contribution in [0.5, 0.6) is 11.5 Å². The SMILES string of the molecule is CCN(C(=O)c1c(O)c2c(OC)cccc2n(C)c1=O)c1ccc(F)cc1. The summed E-state index contributed by atoms with van der Waals surface area (Å²) in [7, 11) is 2.96. The molecule has 27 heavy (non-hydrogen) atoms. The van der Waals surface area contributed by atoms with Crippen molar-refractivity contribution in [1.82, 2.24) is 4.57 Å². The number of pyridine rings is 1. The molecule has 0 unspecified atom stereocenters. The maximum atomic E-state index is 13.2. The first-order valence-electron chi connectivity index (χ1n) is 8.36. The molecule has 0 atom stereocenters. The Bertz CT molecular complexity index is 1070. The Balaban J connectivity index is 2.25. The van der Waals surface area contributed by atoms with Crippen molar-refractivity contribution in [2.45, 2.75) is 6.92 Å². The molecule has 0 radical (unpaired) electrons. The monoisotopic (exact) mass is 370 g/mol. The second-order valence-electron chi connectivity index (χ2n) is 5.97. The number of ether oxygens (including phenoxy) is 1. The summed E-state index contributed by atoms with van der Waals surface area (Å²) in [6.07, 6.45) is 0. The molecule has 1 amide bonds. The predicted molar refractivity (Wildman–Crippen MR) is 101 cm³/mol. The fourth-order valence-corrected chi connectivity index (χ4v) is 3.10. The van der Waals surface area contributed by atoms with E-state index in [2.05, 4.69) is 0 Å². The summed E-state index contributed by atoms with van der Waals surface area (Å²) >= 11 is 0. The highest BCUT2D eigenvalue weighted by Gasteiger charge is 2.27. The summed E-state index contributed by atoms with van der Waals surface area (Å²) in [5, 5.41) is 11.1. The Morgan fingerprint density at radius 1 is 1.22 bits per heavy atom. The minimum absolute atomic E-state index is 0.233. The van der Waals surface area contributed by atoms with Gasteiger partial charge in [0.15, 0.2) is 0 Å². The zero-order valence-electron chi connectivity index (χ0n) is 15.2. The van der Waals surface area contributed by atoms with E-state index < -0.39 is 23.0 Å². The molecule has 0 bridgehead atoms. The van der Waals surface area contributed by atoms with Crippen LogP contribution in [0.1, 0.15) is 17.3 Å². The average Bonchev–Trinajstić information content (AvgIpc) is 2.67. The lowest BCUT2D eigenvalue weighted by atomic mass is 10.1. The van der Waals surface area contributed by atoms with Crippen LogP contribution in [-0.2, 0) is 7.05 Å². The van der Waals surface area contributed by atoms with Crippen LogP contribution < -0.4 is 15.2 Å². The minimum atomic E-state index is -0.671. The fourth-order valence-electron chi connectivity index (χ4n) is 3.10. The van der Waals surface area contributed by atoms with Crippen molar-refractivity contribution in [2.24, 2.45) is 7.05 Å². The van der Waals surface area contributed by atoms with Gasteiger partial charge < -0.3 is 19.3 Å². The molecule has 140 valence electrons. The molecule has 0 saturated heterocycles. The van der Waals surface area contributed by atoms with E-state index in [1.165, 1.54) is 47.9 Å². The third-order valence-electron chi connectivity index (χ3n) is 4.49. The molecular weight excluding hydrogens is 351 g/mol. The Labute approximate surface area is 155 Å². The van der Waals surface area contributed by atoms with Crippen molar-refractivity contribution in [3.63, 3.8) is 0 Å². The van der Waals surface area contributed by atoms with Gasteiger partial charge in [-0.25, -0.2) is 4.39 Å². The molecule has 6 nitrogen and oxygen atoms in total. The number of carbonyl (C=O) groups excluding carboxylic acids is 1. The summed E-state index contributed by atoms with van der Waals surface area (Å²) in [5.41, 5.74) is -0.122. The Morgan fingerprint density at radius 2 is 1.89 bits per heavy atom. The zero-order chi connectivity index (χ0) is 19.7. The van der Waals surface area contributed by atoms with Gasteiger partial charge in [0.05, 0.1) is 18.0 Å². The number of nitrogens with zero attached hydrogens (tertiary/aromatic N) is 2. The molecular formula is C20H19FN2O4. The topological polar surface area (TPSA) is 71.8 Å². The molecule has 0 aliphatic carbocycles. The highest BCUT2D eigenvalue weighted by atomic mass is 19.1. The van der Waals surface area contributed by atoms with Crippen molar-refractivity contribution in [3.8, 4) is 11.5 Å². The van der Waals surface area contributed by atoms with E-state index in [1.54, 1.807) is 25.1 Å². The van der Waals surface area contributed by atoms with Gasteiger partial charge in [-0.3, -0.25) is 9.59 Å². The summed E-state index contributed by atoms with van der Waals surface area (Å²) in [4.78, 5) is 27.2. The number of fused-ring (bicyclic) bond motifs is 1. The van der Waals surface area contributed by atoms with Crippen molar-refractivity contribution in [2.75, 3.05) is 18.6 Å². The highest BCUT2D eigenvalue weighted by molar-refractivity contribution is 6.11. The van der Waals surface area contributed by atoms with E-state index in [9.17, 15) is 19.1 Å². The molecule has 1 N–H and O–H groups in total. The lowest BCUT2D eigenvalue weighted by molar-refractivity contribution is 0.0984. The number of hydrogen-bond acceptors (Lipinski definition) is 4. The van der Waals surface area contributed by atoms with Gasteiger partial charge in [-0.05, 0) is 43.3 Å². The summed E-state index contributed by atoms with van der Waals surface area (Å²) in [6.45, 7) is 1.96. The number of carbonyl (C=O) groups is 1. The molecule has 1 heterocycles. The standard InChI is InChI=1S/C20H19FN2O4/c1-4-23(13-10-8-12(21)9-11-13)20(26)17-18(24)16-14(22(2)19(17)25)6-5-7-15(16)27-3/h5-11,24H,4H2,1-3H3. The summed E-state index contributed by atoms with van der Waals surface area (Å²) < 4.78 is 19.8.